The molecule has 0 amide bonds. The van der Waals surface area contributed by atoms with Gasteiger partial charge < -0.3 is 0 Å². The minimum Gasteiger partial charge on any atom is -0.295 e. The van der Waals surface area contributed by atoms with Crippen LogP contribution in [0.1, 0.15) is 45.7 Å². The summed E-state index contributed by atoms with van der Waals surface area (Å²) in [6.45, 7) is 11.6. The fourth-order valence-electron chi connectivity index (χ4n) is 0.987. The van der Waals surface area contributed by atoms with Crippen LogP contribution in [0.5, 0.6) is 0 Å². The number of rotatable bonds is 2. The highest BCUT2D eigenvalue weighted by Gasteiger charge is 1.87. The normalized spacial score (nSPS) is 8.62. The number of ketones is 1. The molecular weight excluding hydrogens is 196 g/mol. The molecule has 0 aliphatic rings. The lowest BCUT2D eigenvalue weighted by Gasteiger charge is -1.93. The minimum absolute atomic E-state index is 0.0801. The molecule has 0 aliphatic carbocycles. The Morgan fingerprint density at radius 1 is 1.12 bits per heavy atom. The van der Waals surface area contributed by atoms with Gasteiger partial charge in [-0.3, -0.25) is 4.79 Å². The van der Waals surface area contributed by atoms with Crippen molar-refractivity contribution in [2.24, 2.45) is 0 Å². The SMILES string of the molecule is CC.CC.CC(=O)/C=C/c1cccc(C)c1. The van der Waals surface area contributed by atoms with Gasteiger partial charge in [0.1, 0.15) is 0 Å². The molecular formula is C15H24O. The number of allylic oxidation sites excluding steroid dienone is 1. The van der Waals surface area contributed by atoms with Crippen LogP contribution in [0.2, 0.25) is 0 Å². The summed E-state index contributed by atoms with van der Waals surface area (Å²) < 4.78 is 0. The van der Waals surface area contributed by atoms with Crippen molar-refractivity contribution in [1.82, 2.24) is 0 Å². The van der Waals surface area contributed by atoms with Gasteiger partial charge in [0.25, 0.3) is 0 Å². The Hall–Kier alpha value is -1.37. The first-order valence-corrected chi connectivity index (χ1v) is 5.94. The molecule has 1 nitrogen and oxygen atoms in total. The predicted octanol–water partition coefficient (Wildman–Crippen LogP) is 4.65. The predicted molar refractivity (Wildman–Crippen MR) is 73.6 cm³/mol. The van der Waals surface area contributed by atoms with E-state index in [1.807, 2.05) is 65.0 Å². The second-order valence-electron chi connectivity index (χ2n) is 2.86. The van der Waals surface area contributed by atoms with Crippen LogP contribution in [0.3, 0.4) is 0 Å². The molecule has 0 N–H and O–H groups in total. The van der Waals surface area contributed by atoms with Gasteiger partial charge in [0, 0.05) is 0 Å². The van der Waals surface area contributed by atoms with Gasteiger partial charge in [0.05, 0.1) is 0 Å². The lowest BCUT2D eigenvalue weighted by Crippen LogP contribution is -1.80. The lowest BCUT2D eigenvalue weighted by molar-refractivity contribution is -0.112. The Bertz CT molecular complexity index is 311. The van der Waals surface area contributed by atoms with E-state index in [0.717, 1.165) is 5.56 Å². The van der Waals surface area contributed by atoms with Crippen LogP contribution in [-0.2, 0) is 4.79 Å². The number of carbonyl (C=O) groups is 1. The molecule has 0 saturated heterocycles. The first-order valence-electron chi connectivity index (χ1n) is 5.94. The molecule has 1 heteroatoms. The van der Waals surface area contributed by atoms with Gasteiger partial charge in [-0.2, -0.15) is 0 Å². The maximum Gasteiger partial charge on any atom is 0.152 e. The zero-order valence-corrected chi connectivity index (χ0v) is 11.4. The van der Waals surface area contributed by atoms with Crippen LogP contribution >= 0.6 is 0 Å². The lowest BCUT2D eigenvalue weighted by atomic mass is 10.1. The summed E-state index contributed by atoms with van der Waals surface area (Å²) in [5, 5.41) is 0. The van der Waals surface area contributed by atoms with Gasteiger partial charge in [-0.25, -0.2) is 0 Å². The largest absolute Gasteiger partial charge is 0.295 e. The molecule has 0 radical (unpaired) electrons. The number of carbonyl (C=O) groups excluding carboxylic acids is 1. The van der Waals surface area contributed by atoms with Crippen LogP contribution in [0.4, 0.5) is 0 Å². The Morgan fingerprint density at radius 3 is 2.12 bits per heavy atom. The highest BCUT2D eigenvalue weighted by Crippen LogP contribution is 2.05. The number of hydrogen-bond donors (Lipinski definition) is 0. The summed E-state index contributed by atoms with van der Waals surface area (Å²) >= 11 is 0. The molecule has 0 spiro atoms. The van der Waals surface area contributed by atoms with Crippen molar-refractivity contribution in [3.63, 3.8) is 0 Å². The van der Waals surface area contributed by atoms with Gasteiger partial charge in [0.2, 0.25) is 0 Å². The summed E-state index contributed by atoms with van der Waals surface area (Å²) in [7, 11) is 0. The molecule has 0 atom stereocenters. The van der Waals surface area contributed by atoms with E-state index >= 15 is 0 Å². The average Bonchev–Trinajstić information content (AvgIpc) is 2.32. The quantitative estimate of drug-likeness (QED) is 0.663. The van der Waals surface area contributed by atoms with E-state index in [0.29, 0.717) is 0 Å². The molecule has 0 aliphatic heterocycles. The third kappa shape index (κ3) is 9.20. The van der Waals surface area contributed by atoms with Crippen LogP contribution in [0.15, 0.2) is 30.3 Å². The Morgan fingerprint density at radius 2 is 1.69 bits per heavy atom. The minimum atomic E-state index is 0.0801. The van der Waals surface area contributed by atoms with E-state index in [-0.39, 0.29) is 5.78 Å². The number of benzene rings is 1. The van der Waals surface area contributed by atoms with Crippen LogP contribution in [-0.4, -0.2) is 5.78 Å². The summed E-state index contributed by atoms with van der Waals surface area (Å²) in [5.74, 6) is 0.0801. The highest BCUT2D eigenvalue weighted by molar-refractivity contribution is 5.91. The monoisotopic (exact) mass is 220 g/mol. The first kappa shape index (κ1) is 17.0. The molecule has 16 heavy (non-hydrogen) atoms. The van der Waals surface area contributed by atoms with Crippen molar-refractivity contribution in [2.45, 2.75) is 41.5 Å². The van der Waals surface area contributed by atoms with Gasteiger partial charge in [0.15, 0.2) is 5.78 Å². The Labute approximate surface area is 100 Å². The van der Waals surface area contributed by atoms with E-state index in [2.05, 4.69) is 0 Å². The zero-order chi connectivity index (χ0) is 13.0. The van der Waals surface area contributed by atoms with Crippen molar-refractivity contribution >= 4 is 11.9 Å². The number of hydrogen-bond acceptors (Lipinski definition) is 1. The van der Waals surface area contributed by atoms with E-state index in [1.165, 1.54) is 5.56 Å². The van der Waals surface area contributed by atoms with Gasteiger partial charge in [-0.15, -0.1) is 0 Å². The second kappa shape index (κ2) is 11.7. The van der Waals surface area contributed by atoms with Crippen molar-refractivity contribution in [3.05, 3.63) is 41.5 Å². The van der Waals surface area contributed by atoms with Crippen molar-refractivity contribution in [3.8, 4) is 0 Å². The molecule has 1 rings (SSSR count). The van der Waals surface area contributed by atoms with E-state index < -0.39 is 0 Å². The molecule has 0 saturated carbocycles. The Balaban J connectivity index is 0. The smallest absolute Gasteiger partial charge is 0.152 e. The van der Waals surface area contributed by atoms with E-state index in [9.17, 15) is 4.79 Å². The van der Waals surface area contributed by atoms with Crippen molar-refractivity contribution in [1.29, 1.82) is 0 Å². The van der Waals surface area contributed by atoms with E-state index in [1.54, 1.807) is 13.0 Å². The molecule has 1 aromatic carbocycles. The maximum absolute atomic E-state index is 10.6. The third-order valence-electron chi connectivity index (χ3n) is 1.55. The van der Waals surface area contributed by atoms with Gasteiger partial charge in [-0.05, 0) is 25.5 Å². The first-order chi connectivity index (χ1) is 7.68. The van der Waals surface area contributed by atoms with Gasteiger partial charge in [-0.1, -0.05) is 63.6 Å². The summed E-state index contributed by atoms with van der Waals surface area (Å²) in [4.78, 5) is 10.6. The highest BCUT2D eigenvalue weighted by atomic mass is 16.1. The van der Waals surface area contributed by atoms with Crippen molar-refractivity contribution < 1.29 is 4.79 Å². The zero-order valence-electron chi connectivity index (χ0n) is 11.4. The van der Waals surface area contributed by atoms with Crippen LogP contribution in [0.25, 0.3) is 6.08 Å². The van der Waals surface area contributed by atoms with E-state index in [4.69, 9.17) is 0 Å². The average molecular weight is 220 g/mol. The topological polar surface area (TPSA) is 17.1 Å². The molecule has 0 heterocycles. The van der Waals surface area contributed by atoms with Crippen LogP contribution in [0, 0.1) is 6.92 Å². The molecule has 0 unspecified atom stereocenters. The molecule has 1 aromatic rings. The summed E-state index contributed by atoms with van der Waals surface area (Å²) in [6, 6.07) is 8.03. The standard InChI is InChI=1S/C11H12O.2C2H6/c1-9-4-3-5-11(8-9)7-6-10(2)12;2*1-2/h3-8H,1-2H3;2*1-2H3/b7-6+;;. The maximum atomic E-state index is 10.6. The summed E-state index contributed by atoms with van der Waals surface area (Å²) in [6.07, 6.45) is 3.41. The second-order valence-corrected chi connectivity index (χ2v) is 2.86. The van der Waals surface area contributed by atoms with Gasteiger partial charge >= 0.3 is 0 Å². The van der Waals surface area contributed by atoms with Crippen LogP contribution < -0.4 is 0 Å². The third-order valence-corrected chi connectivity index (χ3v) is 1.55. The fraction of sp³-hybridized carbons (Fsp3) is 0.400. The summed E-state index contributed by atoms with van der Waals surface area (Å²) in [5.41, 5.74) is 2.28. The molecule has 0 aromatic heterocycles. The fourth-order valence-corrected chi connectivity index (χ4v) is 0.987. The van der Waals surface area contributed by atoms with Crippen molar-refractivity contribution in [2.75, 3.05) is 0 Å². The molecule has 90 valence electrons. The Kier molecular flexibility index (Phi) is 12.5. The molecule has 0 fully saturated rings. The molecule has 0 bridgehead atoms. The number of aryl methyl sites for hydroxylation is 1.